The second kappa shape index (κ2) is 6.01. The Morgan fingerprint density at radius 1 is 1.22 bits per heavy atom. The quantitative estimate of drug-likeness (QED) is 0.844. The Bertz CT molecular complexity index is 501. The molecule has 0 aliphatic heterocycles. The molecule has 0 aliphatic rings. The average molecular weight is 245 g/mol. The van der Waals surface area contributed by atoms with Crippen molar-refractivity contribution >= 4 is 11.0 Å². The summed E-state index contributed by atoms with van der Waals surface area (Å²) < 4.78 is 2.30. The second-order valence-electron chi connectivity index (χ2n) is 4.86. The number of benzene rings is 1. The van der Waals surface area contributed by atoms with Crippen molar-refractivity contribution in [2.75, 3.05) is 0 Å². The molecule has 1 heterocycles. The number of unbranched alkanes of at least 4 members (excludes halogenated alkanes) is 1. The van der Waals surface area contributed by atoms with E-state index in [1.165, 1.54) is 18.4 Å². The summed E-state index contributed by atoms with van der Waals surface area (Å²) >= 11 is 0. The number of rotatable bonds is 6. The molecule has 0 aliphatic carbocycles. The molecule has 3 nitrogen and oxygen atoms in total. The van der Waals surface area contributed by atoms with Gasteiger partial charge in [-0.05, 0) is 25.0 Å². The van der Waals surface area contributed by atoms with Gasteiger partial charge in [0.15, 0.2) is 0 Å². The third-order valence-corrected chi connectivity index (χ3v) is 3.35. The Balaban J connectivity index is 2.42. The minimum atomic E-state index is 0.0549. The van der Waals surface area contributed by atoms with E-state index >= 15 is 0 Å². The Hall–Kier alpha value is -1.35. The van der Waals surface area contributed by atoms with Crippen LogP contribution in [0.3, 0.4) is 0 Å². The van der Waals surface area contributed by atoms with Crippen molar-refractivity contribution < 1.29 is 0 Å². The highest BCUT2D eigenvalue weighted by atomic mass is 15.1. The predicted octanol–water partition coefficient (Wildman–Crippen LogP) is 3.64. The Labute approximate surface area is 109 Å². The molecule has 98 valence electrons. The highest BCUT2D eigenvalue weighted by molar-refractivity contribution is 5.76. The van der Waals surface area contributed by atoms with Gasteiger partial charge in [-0.3, -0.25) is 0 Å². The lowest BCUT2D eigenvalue weighted by molar-refractivity contribution is 0.541. The van der Waals surface area contributed by atoms with Gasteiger partial charge in [0.1, 0.15) is 5.82 Å². The first-order chi connectivity index (χ1) is 8.77. The third kappa shape index (κ3) is 2.56. The van der Waals surface area contributed by atoms with Crippen molar-refractivity contribution in [3.05, 3.63) is 30.1 Å². The summed E-state index contributed by atoms with van der Waals surface area (Å²) in [5.74, 6) is 1.05. The normalized spacial score (nSPS) is 13.1. The van der Waals surface area contributed by atoms with Gasteiger partial charge in [-0.1, -0.05) is 38.8 Å². The zero-order chi connectivity index (χ0) is 13.0. The Morgan fingerprint density at radius 3 is 2.72 bits per heavy atom. The monoisotopic (exact) mass is 245 g/mol. The van der Waals surface area contributed by atoms with Gasteiger partial charge >= 0.3 is 0 Å². The molecule has 0 saturated carbocycles. The molecule has 2 aromatic rings. The first-order valence-corrected chi connectivity index (χ1v) is 6.98. The maximum atomic E-state index is 6.26. The van der Waals surface area contributed by atoms with Crippen molar-refractivity contribution in [1.82, 2.24) is 9.55 Å². The summed E-state index contributed by atoms with van der Waals surface area (Å²) in [6.07, 6.45) is 4.45. The van der Waals surface area contributed by atoms with Crippen molar-refractivity contribution in [1.29, 1.82) is 0 Å². The molecule has 0 fully saturated rings. The van der Waals surface area contributed by atoms with E-state index in [1.54, 1.807) is 0 Å². The van der Waals surface area contributed by atoms with E-state index in [4.69, 9.17) is 10.7 Å². The molecule has 1 aromatic carbocycles. The van der Waals surface area contributed by atoms with Crippen LogP contribution in [0.1, 0.15) is 51.4 Å². The average Bonchev–Trinajstić information content (AvgIpc) is 2.75. The van der Waals surface area contributed by atoms with Gasteiger partial charge in [0, 0.05) is 6.54 Å². The molecule has 0 spiro atoms. The number of hydrogen-bond donors (Lipinski definition) is 1. The van der Waals surface area contributed by atoms with Crippen LogP contribution in [0.5, 0.6) is 0 Å². The molecule has 0 bridgehead atoms. The maximum Gasteiger partial charge on any atom is 0.126 e. The molecule has 3 heteroatoms. The number of nitrogens with zero attached hydrogens (tertiary/aromatic N) is 2. The van der Waals surface area contributed by atoms with Gasteiger partial charge in [-0.25, -0.2) is 4.98 Å². The van der Waals surface area contributed by atoms with Crippen molar-refractivity contribution in [2.45, 2.75) is 52.1 Å². The van der Waals surface area contributed by atoms with Gasteiger partial charge in [0.25, 0.3) is 0 Å². The summed E-state index contributed by atoms with van der Waals surface area (Å²) in [7, 11) is 0. The summed E-state index contributed by atoms with van der Waals surface area (Å²) in [4.78, 5) is 4.72. The molecular formula is C15H23N3. The minimum Gasteiger partial charge on any atom is -0.327 e. The molecule has 0 radical (unpaired) electrons. The Morgan fingerprint density at radius 2 is 2.00 bits per heavy atom. The number of para-hydroxylation sites is 2. The number of nitrogens with two attached hydrogens (primary N) is 1. The molecule has 2 rings (SSSR count). The zero-order valence-corrected chi connectivity index (χ0v) is 11.4. The van der Waals surface area contributed by atoms with E-state index in [0.29, 0.717) is 0 Å². The molecule has 18 heavy (non-hydrogen) atoms. The Kier molecular flexibility index (Phi) is 4.37. The molecular weight excluding hydrogens is 222 g/mol. The van der Waals surface area contributed by atoms with Crippen LogP contribution in [0, 0.1) is 0 Å². The maximum absolute atomic E-state index is 6.26. The first kappa shape index (κ1) is 13.1. The topological polar surface area (TPSA) is 43.8 Å². The highest BCUT2D eigenvalue weighted by Gasteiger charge is 2.15. The number of fused-ring (bicyclic) bond motifs is 1. The lowest BCUT2D eigenvalue weighted by Crippen LogP contribution is -2.16. The largest absolute Gasteiger partial charge is 0.327 e. The third-order valence-electron chi connectivity index (χ3n) is 3.35. The minimum absolute atomic E-state index is 0.0549. The van der Waals surface area contributed by atoms with Gasteiger partial charge in [0.2, 0.25) is 0 Å². The molecule has 0 amide bonds. The first-order valence-electron chi connectivity index (χ1n) is 6.98. The number of aromatic nitrogens is 2. The van der Waals surface area contributed by atoms with Crippen LogP contribution in [0.4, 0.5) is 0 Å². The van der Waals surface area contributed by atoms with Crippen LogP contribution >= 0.6 is 0 Å². The lowest BCUT2D eigenvalue weighted by Gasteiger charge is -2.13. The summed E-state index contributed by atoms with van der Waals surface area (Å²) in [5.41, 5.74) is 8.54. The van der Waals surface area contributed by atoms with E-state index in [-0.39, 0.29) is 6.04 Å². The summed E-state index contributed by atoms with van der Waals surface area (Å²) in [6.45, 7) is 5.40. The van der Waals surface area contributed by atoms with E-state index in [2.05, 4.69) is 36.6 Å². The van der Waals surface area contributed by atoms with Crippen LogP contribution in [0.25, 0.3) is 11.0 Å². The fraction of sp³-hybridized carbons (Fsp3) is 0.533. The summed E-state index contributed by atoms with van der Waals surface area (Å²) in [6, 6.07) is 8.37. The SMILES string of the molecule is CCCCn1c(C(N)CCC)nc2ccccc21. The van der Waals surface area contributed by atoms with Crippen LogP contribution in [0.15, 0.2) is 24.3 Å². The van der Waals surface area contributed by atoms with E-state index in [9.17, 15) is 0 Å². The van der Waals surface area contributed by atoms with Crippen LogP contribution in [0.2, 0.25) is 0 Å². The van der Waals surface area contributed by atoms with E-state index in [0.717, 1.165) is 30.7 Å². The number of aryl methyl sites for hydroxylation is 1. The molecule has 0 saturated heterocycles. The molecule has 1 unspecified atom stereocenters. The highest BCUT2D eigenvalue weighted by Crippen LogP contribution is 2.22. The fourth-order valence-corrected chi connectivity index (χ4v) is 2.37. The van der Waals surface area contributed by atoms with Crippen LogP contribution < -0.4 is 5.73 Å². The lowest BCUT2D eigenvalue weighted by atomic mass is 10.1. The van der Waals surface area contributed by atoms with Gasteiger partial charge in [-0.2, -0.15) is 0 Å². The second-order valence-corrected chi connectivity index (χ2v) is 4.86. The van der Waals surface area contributed by atoms with E-state index in [1.807, 2.05) is 6.07 Å². The van der Waals surface area contributed by atoms with Crippen molar-refractivity contribution in [3.8, 4) is 0 Å². The molecule has 1 aromatic heterocycles. The van der Waals surface area contributed by atoms with Gasteiger partial charge < -0.3 is 10.3 Å². The summed E-state index contributed by atoms with van der Waals surface area (Å²) in [5, 5.41) is 0. The van der Waals surface area contributed by atoms with Crippen LogP contribution in [-0.2, 0) is 6.54 Å². The van der Waals surface area contributed by atoms with Crippen molar-refractivity contribution in [3.63, 3.8) is 0 Å². The number of hydrogen-bond acceptors (Lipinski definition) is 2. The standard InChI is InChI=1S/C15H23N3/c1-3-5-11-18-14-10-7-6-9-13(14)17-15(18)12(16)8-4-2/h6-7,9-10,12H,3-5,8,11,16H2,1-2H3. The fourth-order valence-electron chi connectivity index (χ4n) is 2.37. The smallest absolute Gasteiger partial charge is 0.126 e. The predicted molar refractivity (Wildman–Crippen MR) is 76.5 cm³/mol. The number of imidazole rings is 1. The van der Waals surface area contributed by atoms with E-state index < -0.39 is 0 Å². The zero-order valence-electron chi connectivity index (χ0n) is 11.4. The van der Waals surface area contributed by atoms with Crippen LogP contribution in [-0.4, -0.2) is 9.55 Å². The van der Waals surface area contributed by atoms with Gasteiger partial charge in [0.05, 0.1) is 17.1 Å². The molecule has 2 N–H and O–H groups in total. The van der Waals surface area contributed by atoms with Gasteiger partial charge in [-0.15, -0.1) is 0 Å². The van der Waals surface area contributed by atoms with Crippen molar-refractivity contribution in [2.24, 2.45) is 5.73 Å². The molecule has 1 atom stereocenters.